The number of halogens is 3. The molecule has 0 saturated heterocycles. The quantitative estimate of drug-likeness (QED) is 0.698. The third kappa shape index (κ3) is 2.40. The standard InChI is InChI=1S/C6H5Cl3N2/c1-4-2-11(3-5(7)8)10-6(4)9/h2-3H,1H3. The molecular weight excluding hydrogens is 206 g/mol. The van der Waals surface area contributed by atoms with Crippen LogP contribution >= 0.6 is 34.8 Å². The molecule has 0 bridgehead atoms. The maximum atomic E-state index is 5.67. The van der Waals surface area contributed by atoms with Crippen LogP contribution < -0.4 is 0 Å². The molecule has 0 aliphatic heterocycles. The second-order valence-corrected chi connectivity index (χ2v) is 3.37. The van der Waals surface area contributed by atoms with Crippen LogP contribution in [0.5, 0.6) is 0 Å². The lowest BCUT2D eigenvalue weighted by Gasteiger charge is -1.87. The zero-order valence-corrected chi connectivity index (χ0v) is 7.95. The van der Waals surface area contributed by atoms with Crippen LogP contribution in [0.4, 0.5) is 0 Å². The third-order valence-corrected chi connectivity index (χ3v) is 1.65. The first-order chi connectivity index (χ1) is 5.09. The van der Waals surface area contributed by atoms with Crippen molar-refractivity contribution in [3.8, 4) is 0 Å². The van der Waals surface area contributed by atoms with Gasteiger partial charge in [0.25, 0.3) is 0 Å². The Morgan fingerprint density at radius 1 is 1.64 bits per heavy atom. The van der Waals surface area contributed by atoms with Gasteiger partial charge in [-0.3, -0.25) is 0 Å². The van der Waals surface area contributed by atoms with Crippen LogP contribution in [0.15, 0.2) is 10.7 Å². The average molecular weight is 211 g/mol. The lowest BCUT2D eigenvalue weighted by atomic mass is 10.4. The first kappa shape index (κ1) is 8.91. The average Bonchev–Trinajstić information content (AvgIpc) is 2.10. The van der Waals surface area contributed by atoms with Crippen LogP contribution in [0.25, 0.3) is 6.20 Å². The van der Waals surface area contributed by atoms with Gasteiger partial charge in [0.15, 0.2) is 5.15 Å². The molecule has 11 heavy (non-hydrogen) atoms. The van der Waals surface area contributed by atoms with E-state index < -0.39 is 0 Å². The van der Waals surface area contributed by atoms with Gasteiger partial charge < -0.3 is 0 Å². The van der Waals surface area contributed by atoms with E-state index in [4.69, 9.17) is 34.8 Å². The van der Waals surface area contributed by atoms with E-state index in [0.29, 0.717) is 5.15 Å². The minimum atomic E-state index is 0.143. The highest BCUT2D eigenvalue weighted by Gasteiger charge is 1.98. The van der Waals surface area contributed by atoms with Crippen molar-refractivity contribution >= 4 is 41.0 Å². The summed E-state index contributed by atoms with van der Waals surface area (Å²) in [6.07, 6.45) is 3.19. The predicted molar refractivity (Wildman–Crippen MR) is 48.0 cm³/mol. The topological polar surface area (TPSA) is 17.8 Å². The zero-order valence-electron chi connectivity index (χ0n) is 5.68. The first-order valence-corrected chi connectivity index (χ1v) is 3.97. The summed E-state index contributed by atoms with van der Waals surface area (Å²) in [5, 5.41) is 4.34. The van der Waals surface area contributed by atoms with Crippen molar-refractivity contribution in [3.05, 3.63) is 21.4 Å². The number of hydrogen-bond acceptors (Lipinski definition) is 1. The Morgan fingerprint density at radius 3 is 2.64 bits per heavy atom. The summed E-state index contributed by atoms with van der Waals surface area (Å²) in [6, 6.07) is 0. The molecule has 1 heterocycles. The molecule has 0 aromatic carbocycles. The summed E-state index contributed by atoms with van der Waals surface area (Å²) in [6.45, 7) is 1.85. The van der Waals surface area contributed by atoms with Crippen molar-refractivity contribution in [1.82, 2.24) is 9.78 Å². The van der Waals surface area contributed by atoms with E-state index in [2.05, 4.69) is 5.10 Å². The SMILES string of the molecule is Cc1cn(C=C(Cl)Cl)nc1Cl. The predicted octanol–water partition coefficient (Wildman–Crippen LogP) is 3.08. The Balaban J connectivity index is 2.98. The van der Waals surface area contributed by atoms with Crippen LogP contribution in [0.1, 0.15) is 5.56 Å². The fourth-order valence-electron chi connectivity index (χ4n) is 0.627. The van der Waals surface area contributed by atoms with E-state index in [1.165, 1.54) is 10.9 Å². The van der Waals surface area contributed by atoms with Crippen molar-refractivity contribution in [2.45, 2.75) is 6.92 Å². The molecule has 0 radical (unpaired) electrons. The fraction of sp³-hybridized carbons (Fsp3) is 0.167. The molecule has 1 rings (SSSR count). The van der Waals surface area contributed by atoms with Gasteiger partial charge in [0.05, 0.1) is 6.20 Å². The molecule has 0 unspecified atom stereocenters. The molecule has 0 saturated carbocycles. The Labute approximate surface area is 79.4 Å². The first-order valence-electron chi connectivity index (χ1n) is 2.83. The van der Waals surface area contributed by atoms with Gasteiger partial charge in [-0.05, 0) is 6.92 Å². The van der Waals surface area contributed by atoms with Gasteiger partial charge in [-0.25, -0.2) is 4.68 Å². The Bertz CT molecular complexity index is 267. The molecule has 0 N–H and O–H groups in total. The van der Waals surface area contributed by atoms with Gasteiger partial charge in [-0.15, -0.1) is 0 Å². The zero-order chi connectivity index (χ0) is 8.43. The minimum Gasteiger partial charge on any atom is -0.244 e. The number of aryl methyl sites for hydroxylation is 1. The normalized spacial score (nSPS) is 9.82. The molecule has 0 aliphatic carbocycles. The van der Waals surface area contributed by atoms with Crippen molar-refractivity contribution in [1.29, 1.82) is 0 Å². The molecule has 0 atom stereocenters. The van der Waals surface area contributed by atoms with E-state index in [1.807, 2.05) is 6.92 Å². The summed E-state index contributed by atoms with van der Waals surface area (Å²) >= 11 is 16.5. The van der Waals surface area contributed by atoms with Gasteiger partial charge in [-0.2, -0.15) is 5.10 Å². The molecule has 1 aromatic rings. The lowest BCUT2D eigenvalue weighted by molar-refractivity contribution is 0.935. The summed E-state index contributed by atoms with van der Waals surface area (Å²) in [5.41, 5.74) is 0.887. The minimum absolute atomic E-state index is 0.143. The van der Waals surface area contributed by atoms with Gasteiger partial charge in [0, 0.05) is 11.8 Å². The highest BCUT2D eigenvalue weighted by Crippen LogP contribution is 2.14. The number of nitrogens with zero attached hydrogens (tertiary/aromatic N) is 2. The van der Waals surface area contributed by atoms with E-state index in [-0.39, 0.29) is 4.49 Å². The van der Waals surface area contributed by atoms with Crippen molar-refractivity contribution in [2.24, 2.45) is 0 Å². The van der Waals surface area contributed by atoms with Crippen molar-refractivity contribution in [2.75, 3.05) is 0 Å². The van der Waals surface area contributed by atoms with Crippen LogP contribution in [-0.2, 0) is 0 Å². The number of hydrogen-bond donors (Lipinski definition) is 0. The van der Waals surface area contributed by atoms with Crippen molar-refractivity contribution in [3.63, 3.8) is 0 Å². The Kier molecular flexibility index (Phi) is 2.82. The second kappa shape index (κ2) is 3.48. The molecule has 1 aromatic heterocycles. The summed E-state index contributed by atoms with van der Waals surface area (Å²) in [4.78, 5) is 0. The lowest BCUT2D eigenvalue weighted by Crippen LogP contribution is -1.84. The summed E-state index contributed by atoms with van der Waals surface area (Å²) in [5.74, 6) is 0. The number of rotatable bonds is 1. The third-order valence-electron chi connectivity index (χ3n) is 1.08. The molecule has 0 aliphatic rings. The highest BCUT2D eigenvalue weighted by atomic mass is 35.5. The largest absolute Gasteiger partial charge is 0.244 e. The number of aromatic nitrogens is 2. The van der Waals surface area contributed by atoms with E-state index in [1.54, 1.807) is 6.20 Å². The molecule has 60 valence electrons. The van der Waals surface area contributed by atoms with Gasteiger partial charge >= 0.3 is 0 Å². The maximum Gasteiger partial charge on any atom is 0.154 e. The van der Waals surface area contributed by atoms with Gasteiger partial charge in [0.1, 0.15) is 4.49 Å². The van der Waals surface area contributed by atoms with Crippen molar-refractivity contribution < 1.29 is 0 Å². The second-order valence-electron chi connectivity index (χ2n) is 2.00. The van der Waals surface area contributed by atoms with Gasteiger partial charge in [-0.1, -0.05) is 34.8 Å². The van der Waals surface area contributed by atoms with Crippen LogP contribution in [0.3, 0.4) is 0 Å². The van der Waals surface area contributed by atoms with E-state index >= 15 is 0 Å². The maximum absolute atomic E-state index is 5.67. The van der Waals surface area contributed by atoms with Crippen LogP contribution in [0.2, 0.25) is 5.15 Å². The molecule has 0 spiro atoms. The van der Waals surface area contributed by atoms with E-state index in [9.17, 15) is 0 Å². The van der Waals surface area contributed by atoms with Crippen LogP contribution in [0, 0.1) is 6.92 Å². The Hall–Kier alpha value is -0.180. The fourth-order valence-corrected chi connectivity index (χ4v) is 0.963. The summed E-state index contributed by atoms with van der Waals surface area (Å²) in [7, 11) is 0. The van der Waals surface area contributed by atoms with Gasteiger partial charge in [0.2, 0.25) is 0 Å². The van der Waals surface area contributed by atoms with Crippen LogP contribution in [-0.4, -0.2) is 9.78 Å². The smallest absolute Gasteiger partial charge is 0.154 e. The molecule has 0 fully saturated rings. The molecule has 5 heteroatoms. The molecular formula is C6H5Cl3N2. The molecule has 2 nitrogen and oxygen atoms in total. The Morgan fingerprint density at radius 2 is 2.27 bits per heavy atom. The van der Waals surface area contributed by atoms with E-state index in [0.717, 1.165) is 5.56 Å². The monoisotopic (exact) mass is 210 g/mol. The highest BCUT2D eigenvalue weighted by molar-refractivity contribution is 6.57. The molecule has 0 amide bonds. The summed E-state index contributed by atoms with van der Waals surface area (Å²) < 4.78 is 1.61.